The molecular weight excluding hydrogens is 499 g/mol. The second-order valence-electron chi connectivity index (χ2n) is 10.5. The minimum absolute atomic E-state index is 0.0255. The third-order valence-corrected chi connectivity index (χ3v) is 8.19. The minimum atomic E-state index is -4.73. The largest absolute Gasteiger partial charge is 0.417 e. The highest BCUT2D eigenvalue weighted by atomic mass is 32.1. The van der Waals surface area contributed by atoms with E-state index in [1.807, 2.05) is 38.1 Å². The number of alkyl halides is 3. The van der Waals surface area contributed by atoms with Gasteiger partial charge in [0.15, 0.2) is 0 Å². The van der Waals surface area contributed by atoms with Gasteiger partial charge in [0.05, 0.1) is 33.3 Å². The molecule has 0 radical (unpaired) electrons. The molecule has 1 heterocycles. The van der Waals surface area contributed by atoms with Crippen molar-refractivity contribution in [3.63, 3.8) is 0 Å². The summed E-state index contributed by atoms with van der Waals surface area (Å²) in [5, 5.41) is 11.8. The number of amides is 2. The minimum Gasteiger partial charge on any atom is -0.359 e. The molecule has 4 rings (SSSR count). The lowest BCUT2D eigenvalue weighted by molar-refractivity contribution is -0.138. The number of benzene rings is 2. The lowest BCUT2D eigenvalue weighted by atomic mass is 9.60. The quantitative estimate of drug-likeness (QED) is 0.474. The van der Waals surface area contributed by atoms with Crippen molar-refractivity contribution < 1.29 is 22.8 Å². The standard InChI is InChI=1S/C28H28F3N3O2S/c1-26(2,24(35)33-3)14-11-17-5-7-18(8-6-17)22-23(37)34(25(36)27(22)12-4-13-27)20-10-9-19(16-32)21(15-20)28(29,30)31/h5-10,15,22H,4,11-14H2,1-3H3,(H,33,35). The first-order valence-corrected chi connectivity index (χ1v) is 12.6. The number of nitrogens with zero attached hydrogens (tertiary/aromatic N) is 2. The maximum Gasteiger partial charge on any atom is 0.417 e. The molecule has 2 fully saturated rings. The second-order valence-corrected chi connectivity index (χ2v) is 10.9. The predicted octanol–water partition coefficient (Wildman–Crippen LogP) is 5.91. The van der Waals surface area contributed by atoms with Crippen molar-refractivity contribution in [1.29, 1.82) is 5.26 Å². The van der Waals surface area contributed by atoms with Crippen molar-refractivity contribution in [3.05, 3.63) is 64.7 Å². The molecule has 2 aliphatic rings. The van der Waals surface area contributed by atoms with Crippen molar-refractivity contribution in [2.24, 2.45) is 10.8 Å². The van der Waals surface area contributed by atoms with Crippen LogP contribution in [0, 0.1) is 22.2 Å². The van der Waals surface area contributed by atoms with E-state index in [1.54, 1.807) is 13.1 Å². The van der Waals surface area contributed by atoms with Gasteiger partial charge in [0.2, 0.25) is 11.8 Å². The number of thiocarbonyl (C=S) groups is 1. The molecule has 2 aromatic rings. The SMILES string of the molecule is CNC(=O)C(C)(C)CCc1ccc(C2C(=S)N(c3ccc(C#N)c(C(F)(F)F)c3)C(=O)C23CCC3)cc1. The van der Waals surface area contributed by atoms with Gasteiger partial charge in [-0.3, -0.25) is 14.5 Å². The molecule has 9 heteroatoms. The molecule has 1 spiro atoms. The highest BCUT2D eigenvalue weighted by Gasteiger charge is 2.60. The van der Waals surface area contributed by atoms with Gasteiger partial charge in [-0.25, -0.2) is 0 Å². The number of hydrogen-bond donors (Lipinski definition) is 1. The van der Waals surface area contributed by atoms with Crippen LogP contribution in [0.25, 0.3) is 0 Å². The van der Waals surface area contributed by atoms with Crippen LogP contribution in [0.5, 0.6) is 0 Å². The fourth-order valence-corrected chi connectivity index (χ4v) is 5.92. The van der Waals surface area contributed by atoms with E-state index in [-0.39, 0.29) is 22.5 Å². The predicted molar refractivity (Wildman–Crippen MR) is 138 cm³/mol. The Bertz CT molecular complexity index is 1290. The van der Waals surface area contributed by atoms with Crippen LogP contribution in [-0.4, -0.2) is 23.9 Å². The van der Waals surface area contributed by atoms with Gasteiger partial charge in [-0.2, -0.15) is 18.4 Å². The topological polar surface area (TPSA) is 73.2 Å². The summed E-state index contributed by atoms with van der Waals surface area (Å²) in [5.74, 6) is -0.740. The van der Waals surface area contributed by atoms with E-state index in [1.165, 1.54) is 11.0 Å². The summed E-state index contributed by atoms with van der Waals surface area (Å²) < 4.78 is 40.8. The summed E-state index contributed by atoms with van der Waals surface area (Å²) in [6.45, 7) is 3.79. The van der Waals surface area contributed by atoms with Crippen LogP contribution in [-0.2, 0) is 22.2 Å². The molecule has 2 aromatic carbocycles. The maximum absolute atomic E-state index is 13.6. The summed E-state index contributed by atoms with van der Waals surface area (Å²) in [7, 11) is 1.62. The summed E-state index contributed by atoms with van der Waals surface area (Å²) >= 11 is 5.74. The van der Waals surface area contributed by atoms with Crippen molar-refractivity contribution >= 4 is 34.7 Å². The number of nitrogens with one attached hydrogen (secondary N) is 1. The van der Waals surface area contributed by atoms with E-state index in [0.29, 0.717) is 25.7 Å². The number of hydrogen-bond acceptors (Lipinski definition) is 4. The summed E-state index contributed by atoms with van der Waals surface area (Å²) in [4.78, 5) is 27.2. The second kappa shape index (κ2) is 9.56. The highest BCUT2D eigenvalue weighted by Crippen LogP contribution is 2.58. The lowest BCUT2D eigenvalue weighted by Gasteiger charge is -2.40. The third kappa shape index (κ3) is 4.63. The molecule has 0 aromatic heterocycles. The summed E-state index contributed by atoms with van der Waals surface area (Å²) in [5.41, 5.74) is -0.955. The first-order chi connectivity index (χ1) is 17.4. The van der Waals surface area contributed by atoms with Crippen molar-refractivity contribution in [2.75, 3.05) is 11.9 Å². The van der Waals surface area contributed by atoms with E-state index in [9.17, 15) is 22.8 Å². The van der Waals surface area contributed by atoms with Crippen LogP contribution < -0.4 is 10.2 Å². The highest BCUT2D eigenvalue weighted by molar-refractivity contribution is 7.80. The number of carbonyl (C=O) groups is 2. The summed E-state index contributed by atoms with van der Waals surface area (Å²) in [6.07, 6.45) is -1.33. The molecule has 1 atom stereocenters. The van der Waals surface area contributed by atoms with Crippen molar-refractivity contribution in [3.8, 4) is 6.07 Å². The third-order valence-electron chi connectivity index (χ3n) is 7.78. The zero-order valence-electron chi connectivity index (χ0n) is 20.9. The fourth-order valence-electron chi connectivity index (χ4n) is 5.37. The molecule has 1 saturated carbocycles. The molecule has 194 valence electrons. The molecule has 2 amide bonds. The Labute approximate surface area is 219 Å². The molecule has 1 aliphatic carbocycles. The Kier molecular flexibility index (Phi) is 6.93. The normalized spacial score (nSPS) is 19.1. The first-order valence-electron chi connectivity index (χ1n) is 12.2. The monoisotopic (exact) mass is 527 g/mol. The molecule has 5 nitrogen and oxygen atoms in total. The Morgan fingerprint density at radius 3 is 2.35 bits per heavy atom. The molecule has 1 aliphatic heterocycles. The van der Waals surface area contributed by atoms with Crippen molar-refractivity contribution in [1.82, 2.24) is 5.32 Å². The van der Waals surface area contributed by atoms with Crippen molar-refractivity contribution in [2.45, 2.75) is 58.0 Å². The molecule has 1 unspecified atom stereocenters. The molecule has 1 N–H and O–H groups in total. The molecule has 37 heavy (non-hydrogen) atoms. The lowest BCUT2D eigenvalue weighted by Crippen LogP contribution is -2.41. The van der Waals surface area contributed by atoms with Crippen LogP contribution in [0.3, 0.4) is 0 Å². The van der Waals surface area contributed by atoms with E-state index in [0.717, 1.165) is 29.7 Å². The van der Waals surface area contributed by atoms with Gasteiger partial charge < -0.3 is 5.32 Å². The van der Waals surface area contributed by atoms with E-state index in [2.05, 4.69) is 5.32 Å². The number of aryl methyl sites for hydroxylation is 1. The molecule has 1 saturated heterocycles. The number of anilines is 1. The van der Waals surface area contributed by atoms with Crippen LogP contribution in [0.4, 0.5) is 18.9 Å². The Morgan fingerprint density at radius 2 is 1.84 bits per heavy atom. The van der Waals surface area contributed by atoms with Gasteiger partial charge in [-0.05, 0) is 55.0 Å². The zero-order chi connectivity index (χ0) is 27.2. The smallest absolute Gasteiger partial charge is 0.359 e. The van der Waals surface area contributed by atoms with Gasteiger partial charge in [0.25, 0.3) is 0 Å². The number of carbonyl (C=O) groups excluding carboxylic acids is 2. The van der Waals surface area contributed by atoms with Gasteiger partial charge in [-0.15, -0.1) is 0 Å². The molecular formula is C28H28F3N3O2S. The first kappa shape index (κ1) is 26.8. The van der Waals surface area contributed by atoms with Crippen LogP contribution in [0.2, 0.25) is 0 Å². The van der Waals surface area contributed by atoms with Gasteiger partial charge >= 0.3 is 6.18 Å². The average Bonchev–Trinajstić information content (AvgIpc) is 3.08. The van der Waals surface area contributed by atoms with Crippen LogP contribution in [0.15, 0.2) is 42.5 Å². The van der Waals surface area contributed by atoms with E-state index >= 15 is 0 Å². The van der Waals surface area contributed by atoms with E-state index < -0.39 is 34.1 Å². The number of nitriles is 1. The van der Waals surface area contributed by atoms with E-state index in [4.69, 9.17) is 17.5 Å². The Balaban J connectivity index is 1.63. The van der Waals surface area contributed by atoms with Gasteiger partial charge in [0, 0.05) is 18.4 Å². The zero-order valence-corrected chi connectivity index (χ0v) is 21.7. The van der Waals surface area contributed by atoms with Gasteiger partial charge in [0.1, 0.15) is 0 Å². The Morgan fingerprint density at radius 1 is 1.19 bits per heavy atom. The summed E-state index contributed by atoms with van der Waals surface area (Å²) in [6, 6.07) is 12.6. The number of rotatable bonds is 6. The average molecular weight is 528 g/mol. The maximum atomic E-state index is 13.6. The van der Waals surface area contributed by atoms with Gasteiger partial charge in [-0.1, -0.05) is 56.8 Å². The molecule has 0 bridgehead atoms. The Hall–Kier alpha value is -3.25. The fraction of sp³-hybridized carbons (Fsp3) is 0.429. The van der Waals surface area contributed by atoms with Crippen LogP contribution >= 0.6 is 12.2 Å². The van der Waals surface area contributed by atoms with Crippen LogP contribution in [0.1, 0.15) is 67.7 Å². The number of halogens is 3.